The highest BCUT2D eigenvalue weighted by atomic mass is 35.5. The Morgan fingerprint density at radius 3 is 2.58 bits per heavy atom. The second-order valence-electron chi connectivity index (χ2n) is 5.36. The van der Waals surface area contributed by atoms with Crippen LogP contribution >= 0.6 is 35.1 Å². The van der Waals surface area contributed by atoms with E-state index in [0.717, 1.165) is 15.9 Å². The largest absolute Gasteiger partial charge is 0.461 e. The lowest BCUT2D eigenvalue weighted by molar-refractivity contribution is -0.385. The van der Waals surface area contributed by atoms with E-state index < -0.39 is 16.4 Å². The maximum atomic E-state index is 12.6. The number of esters is 1. The van der Waals surface area contributed by atoms with Gasteiger partial charge in [0.05, 0.1) is 16.7 Å². The number of halogens is 1. The van der Waals surface area contributed by atoms with Crippen LogP contribution in [0.25, 0.3) is 0 Å². The van der Waals surface area contributed by atoms with E-state index in [1.165, 1.54) is 12.1 Å². The summed E-state index contributed by atoms with van der Waals surface area (Å²) < 4.78 is 6.07. The molecule has 2 rings (SSSR count). The predicted octanol–water partition coefficient (Wildman–Crippen LogP) is 3.65. The first-order valence-corrected chi connectivity index (χ1v) is 9.47. The number of aromatic nitrogens is 1. The van der Waals surface area contributed by atoms with Gasteiger partial charge < -0.3 is 4.74 Å². The van der Waals surface area contributed by atoms with Gasteiger partial charge in [-0.25, -0.2) is 14.8 Å². The predicted molar refractivity (Wildman–Crippen MR) is 96.8 cm³/mol. The highest BCUT2D eigenvalue weighted by Gasteiger charge is 2.40. The molecule has 1 aromatic heterocycles. The van der Waals surface area contributed by atoms with Crippen LogP contribution in [0.3, 0.4) is 0 Å². The summed E-state index contributed by atoms with van der Waals surface area (Å²) in [6, 6.07) is 2.61. The average Bonchev–Trinajstić information content (AvgIpc) is 2.98. The summed E-state index contributed by atoms with van der Waals surface area (Å²) >= 11 is 8.99. The molecular formula is C14H16ClN3O4S2. The molecule has 1 aliphatic rings. The molecule has 24 heavy (non-hydrogen) atoms. The van der Waals surface area contributed by atoms with Crippen molar-refractivity contribution >= 4 is 51.2 Å². The summed E-state index contributed by atoms with van der Waals surface area (Å²) in [5.41, 5.74) is -1.52. The van der Waals surface area contributed by atoms with Gasteiger partial charge in [-0.05, 0) is 26.8 Å². The summed E-state index contributed by atoms with van der Waals surface area (Å²) in [7, 11) is 0. The second-order valence-corrected chi connectivity index (χ2v) is 8.15. The molecule has 10 heteroatoms. The van der Waals surface area contributed by atoms with Crippen molar-refractivity contribution < 1.29 is 14.5 Å². The molecule has 1 aromatic rings. The molecule has 0 radical (unpaired) electrons. The Hall–Kier alpha value is -1.32. The number of aliphatic imine (C=N–C) groups is 1. The molecule has 7 nitrogen and oxygen atoms in total. The van der Waals surface area contributed by atoms with Crippen molar-refractivity contribution in [1.82, 2.24) is 4.98 Å². The second kappa shape index (κ2) is 7.71. The quantitative estimate of drug-likeness (QED) is 0.328. The molecule has 1 atom stereocenters. The normalized spacial score (nSPS) is 16.8. The number of pyridine rings is 1. The molecule has 1 unspecified atom stereocenters. The highest BCUT2D eigenvalue weighted by Crippen LogP contribution is 2.35. The van der Waals surface area contributed by atoms with Gasteiger partial charge in [0.1, 0.15) is 4.38 Å². The highest BCUT2D eigenvalue weighted by molar-refractivity contribution is 8.41. The number of hydrogen-bond donors (Lipinski definition) is 0. The Morgan fingerprint density at radius 1 is 1.46 bits per heavy atom. The Kier molecular flexibility index (Phi) is 6.11. The Balaban J connectivity index is 2.49. The fraction of sp³-hybridized carbons (Fsp3) is 0.500. The zero-order valence-corrected chi connectivity index (χ0v) is 15.7. The minimum absolute atomic E-state index is 0.212. The summed E-state index contributed by atoms with van der Waals surface area (Å²) in [5.74, 6) is 1.25. The van der Waals surface area contributed by atoms with Crippen molar-refractivity contribution in [2.45, 2.75) is 32.4 Å². The lowest BCUT2D eigenvalue weighted by atomic mass is 9.98. The van der Waals surface area contributed by atoms with Gasteiger partial charge in [-0.1, -0.05) is 35.1 Å². The number of hydrogen-bond acceptors (Lipinski definition) is 8. The van der Waals surface area contributed by atoms with E-state index in [-0.39, 0.29) is 22.6 Å². The molecule has 0 spiro atoms. The monoisotopic (exact) mass is 389 g/mol. The SMILES string of the molecule is CC(C)OC(=O)C(C)(N=C1SCCS1)c1ccc([N+](=O)[O-])c(Cl)n1. The fourth-order valence-electron chi connectivity index (χ4n) is 1.92. The molecule has 0 aliphatic carbocycles. The third-order valence-electron chi connectivity index (χ3n) is 3.11. The van der Waals surface area contributed by atoms with Crippen LogP contribution in [0.5, 0.6) is 0 Å². The van der Waals surface area contributed by atoms with E-state index in [9.17, 15) is 14.9 Å². The zero-order valence-electron chi connectivity index (χ0n) is 13.3. The molecule has 2 heterocycles. The number of carbonyl (C=O) groups is 1. The number of carbonyl (C=O) groups excluding carboxylic acids is 1. The van der Waals surface area contributed by atoms with E-state index in [4.69, 9.17) is 16.3 Å². The summed E-state index contributed by atoms with van der Waals surface area (Å²) in [6.07, 6.45) is -0.325. The van der Waals surface area contributed by atoms with Crippen molar-refractivity contribution in [3.63, 3.8) is 0 Å². The molecule has 1 aliphatic heterocycles. The van der Waals surface area contributed by atoms with Crippen LogP contribution in [-0.4, -0.2) is 37.9 Å². The van der Waals surface area contributed by atoms with Crippen LogP contribution in [0.4, 0.5) is 5.69 Å². The first kappa shape index (κ1) is 19.0. The third kappa shape index (κ3) is 4.20. The molecule has 0 saturated carbocycles. The van der Waals surface area contributed by atoms with Crippen molar-refractivity contribution in [2.75, 3.05) is 11.5 Å². The van der Waals surface area contributed by atoms with Gasteiger partial charge in [0, 0.05) is 17.6 Å². The topological polar surface area (TPSA) is 94.7 Å². The number of ether oxygens (including phenoxy) is 1. The Labute approximate surface area is 152 Å². The molecule has 0 bridgehead atoms. The van der Waals surface area contributed by atoms with Crippen LogP contribution in [0.15, 0.2) is 17.1 Å². The number of rotatable bonds is 5. The maximum absolute atomic E-state index is 12.6. The van der Waals surface area contributed by atoms with Crippen molar-refractivity contribution in [3.05, 3.63) is 33.1 Å². The van der Waals surface area contributed by atoms with Crippen LogP contribution in [0.2, 0.25) is 5.15 Å². The molecule has 0 aromatic carbocycles. The Bertz CT molecular complexity index is 691. The number of thioether (sulfide) groups is 2. The maximum Gasteiger partial charge on any atom is 0.340 e. The van der Waals surface area contributed by atoms with Gasteiger partial charge >= 0.3 is 11.7 Å². The van der Waals surface area contributed by atoms with E-state index in [1.807, 2.05) is 0 Å². The van der Waals surface area contributed by atoms with Crippen molar-refractivity contribution in [3.8, 4) is 0 Å². The van der Waals surface area contributed by atoms with E-state index in [1.54, 1.807) is 44.3 Å². The van der Waals surface area contributed by atoms with Gasteiger partial charge in [0.15, 0.2) is 5.54 Å². The molecule has 1 saturated heterocycles. The smallest absolute Gasteiger partial charge is 0.340 e. The molecule has 0 amide bonds. The van der Waals surface area contributed by atoms with Crippen molar-refractivity contribution in [2.24, 2.45) is 4.99 Å². The average molecular weight is 390 g/mol. The third-order valence-corrected chi connectivity index (χ3v) is 5.85. The zero-order chi connectivity index (χ0) is 17.9. The van der Waals surface area contributed by atoms with Gasteiger partial charge in [-0.3, -0.25) is 10.1 Å². The molecular weight excluding hydrogens is 374 g/mol. The van der Waals surface area contributed by atoms with Crippen molar-refractivity contribution in [1.29, 1.82) is 0 Å². The molecule has 0 N–H and O–H groups in total. The molecule has 130 valence electrons. The van der Waals surface area contributed by atoms with Gasteiger partial charge in [-0.2, -0.15) is 0 Å². The van der Waals surface area contributed by atoms with E-state index in [2.05, 4.69) is 9.98 Å². The van der Waals surface area contributed by atoms with Crippen LogP contribution in [0, 0.1) is 10.1 Å². The first-order chi connectivity index (χ1) is 11.2. The first-order valence-electron chi connectivity index (χ1n) is 7.12. The minimum atomic E-state index is -1.41. The van der Waals surface area contributed by atoms with E-state index in [0.29, 0.717) is 0 Å². The number of nitrogens with zero attached hydrogens (tertiary/aromatic N) is 3. The summed E-state index contributed by atoms with van der Waals surface area (Å²) in [6.45, 7) is 5.05. The summed E-state index contributed by atoms with van der Waals surface area (Å²) in [4.78, 5) is 31.5. The van der Waals surface area contributed by atoms with Gasteiger partial charge in [-0.15, -0.1) is 0 Å². The van der Waals surface area contributed by atoms with Crippen LogP contribution in [0.1, 0.15) is 26.5 Å². The lowest BCUT2D eigenvalue weighted by Crippen LogP contribution is -2.35. The summed E-state index contributed by atoms with van der Waals surface area (Å²) in [5, 5.41) is 10.6. The fourth-order valence-corrected chi connectivity index (χ4v) is 4.48. The van der Waals surface area contributed by atoms with Gasteiger partial charge in [0.25, 0.3) is 0 Å². The van der Waals surface area contributed by atoms with Crippen LogP contribution in [-0.2, 0) is 15.1 Å². The number of nitro groups is 1. The standard InChI is InChI=1S/C14H16ClN3O4S2/c1-8(2)22-12(19)14(3,17-13-23-6-7-24-13)10-5-4-9(18(20)21)11(15)16-10/h4-5,8H,6-7H2,1-3H3. The lowest BCUT2D eigenvalue weighted by Gasteiger charge is -2.24. The van der Waals surface area contributed by atoms with E-state index >= 15 is 0 Å². The van der Waals surface area contributed by atoms with Crippen LogP contribution < -0.4 is 0 Å². The Morgan fingerprint density at radius 2 is 2.08 bits per heavy atom. The van der Waals surface area contributed by atoms with Gasteiger partial charge in [0.2, 0.25) is 5.15 Å². The molecule has 1 fully saturated rings. The minimum Gasteiger partial charge on any atom is -0.461 e.